The van der Waals surface area contributed by atoms with Gasteiger partial charge in [0.25, 0.3) is 5.91 Å². The number of para-hydroxylation sites is 1. The minimum atomic E-state index is -0.943. The first-order chi connectivity index (χ1) is 22.0. The van der Waals surface area contributed by atoms with Crippen molar-refractivity contribution in [3.05, 3.63) is 129 Å². The molecule has 3 atom stereocenters. The standard InChI is InChI=1S/C34H30F2N4O5/c35-24-11-10-23-29(30(24)36)26-19-43-16-14-37(26)25-9-5-4-8-22(25)31(23)40-28-20-44-17-15-38(28)34(42)32-33(27(41)12-13-39(32)40)45-18-21-6-2-1-3-7-21/h1-13,26,28,31H,14-20H2/t26?,28-,31-/m1/s1. The Hall–Kier alpha value is -4.74. The average molecular weight is 613 g/mol. The second kappa shape index (κ2) is 11.0. The Morgan fingerprint density at radius 3 is 2.42 bits per heavy atom. The molecule has 2 saturated heterocycles. The number of rotatable bonds is 4. The van der Waals surface area contributed by atoms with Crippen molar-refractivity contribution in [3.8, 4) is 5.75 Å². The topological polar surface area (TPSA) is 76.5 Å². The van der Waals surface area contributed by atoms with Gasteiger partial charge in [0.05, 0.1) is 32.5 Å². The highest BCUT2D eigenvalue weighted by Gasteiger charge is 2.48. The summed E-state index contributed by atoms with van der Waals surface area (Å²) in [5.74, 6) is -2.30. The van der Waals surface area contributed by atoms with Crippen molar-refractivity contribution in [1.82, 2.24) is 9.58 Å². The van der Waals surface area contributed by atoms with Crippen LogP contribution in [0.1, 0.15) is 44.8 Å². The molecule has 3 aromatic carbocycles. The summed E-state index contributed by atoms with van der Waals surface area (Å²) in [6.07, 6.45) is 0.939. The SMILES string of the molecule is O=C1c2c(OCc3ccccc3)c(=O)ccn2N([C@@H]2c3ccccc3N3CCOCC3c3c2ccc(F)c3F)[C@@H]2COCCN12. The zero-order chi connectivity index (χ0) is 30.7. The fourth-order valence-corrected chi connectivity index (χ4v) is 7.11. The van der Waals surface area contributed by atoms with E-state index in [-0.39, 0.29) is 49.3 Å². The van der Waals surface area contributed by atoms with Crippen molar-refractivity contribution in [2.24, 2.45) is 0 Å². The molecular weight excluding hydrogens is 582 g/mol. The predicted molar refractivity (Wildman–Crippen MR) is 161 cm³/mol. The van der Waals surface area contributed by atoms with Gasteiger partial charge in [-0.25, -0.2) is 8.78 Å². The van der Waals surface area contributed by atoms with E-state index in [9.17, 15) is 14.0 Å². The Kier molecular flexibility index (Phi) is 6.80. The van der Waals surface area contributed by atoms with E-state index >= 15 is 4.39 Å². The lowest BCUT2D eigenvalue weighted by Gasteiger charge is -2.51. The van der Waals surface area contributed by atoms with Crippen LogP contribution in [0.4, 0.5) is 14.5 Å². The van der Waals surface area contributed by atoms with Crippen molar-refractivity contribution in [3.63, 3.8) is 0 Å². The largest absolute Gasteiger partial charge is 0.482 e. The fourth-order valence-electron chi connectivity index (χ4n) is 7.11. The second-order valence-electron chi connectivity index (χ2n) is 11.5. The quantitative estimate of drug-likeness (QED) is 0.343. The second-order valence-corrected chi connectivity index (χ2v) is 11.5. The predicted octanol–water partition coefficient (Wildman–Crippen LogP) is 4.14. The highest BCUT2D eigenvalue weighted by atomic mass is 19.2. The van der Waals surface area contributed by atoms with Crippen LogP contribution >= 0.6 is 0 Å². The van der Waals surface area contributed by atoms with E-state index in [1.165, 1.54) is 6.07 Å². The van der Waals surface area contributed by atoms with Gasteiger partial charge < -0.3 is 24.0 Å². The van der Waals surface area contributed by atoms with Crippen LogP contribution in [0.25, 0.3) is 0 Å². The van der Waals surface area contributed by atoms with E-state index in [2.05, 4.69) is 4.90 Å². The highest BCUT2D eigenvalue weighted by molar-refractivity contribution is 5.96. The molecule has 0 saturated carbocycles. The number of anilines is 1. The average Bonchev–Trinajstić information content (AvgIpc) is 3.20. The summed E-state index contributed by atoms with van der Waals surface area (Å²) in [6.45, 7) is 1.97. The molecule has 4 aliphatic heterocycles. The van der Waals surface area contributed by atoms with Crippen LogP contribution in [0.5, 0.6) is 5.75 Å². The molecule has 5 heterocycles. The molecule has 1 unspecified atom stereocenters. The van der Waals surface area contributed by atoms with Crippen LogP contribution in [0.2, 0.25) is 0 Å². The number of hydrogen-bond acceptors (Lipinski definition) is 7. The summed E-state index contributed by atoms with van der Waals surface area (Å²) >= 11 is 0. The first-order valence-corrected chi connectivity index (χ1v) is 15.0. The zero-order valence-electron chi connectivity index (χ0n) is 24.3. The van der Waals surface area contributed by atoms with Crippen molar-refractivity contribution in [2.45, 2.75) is 24.9 Å². The van der Waals surface area contributed by atoms with Gasteiger partial charge >= 0.3 is 0 Å². The number of fused-ring (bicyclic) bond motifs is 7. The zero-order valence-corrected chi connectivity index (χ0v) is 24.3. The normalized spacial score (nSPS) is 22.0. The van der Waals surface area contributed by atoms with Gasteiger partial charge in [-0.1, -0.05) is 54.6 Å². The highest BCUT2D eigenvalue weighted by Crippen LogP contribution is 2.48. The lowest BCUT2D eigenvalue weighted by atomic mass is 9.91. The van der Waals surface area contributed by atoms with E-state index in [0.717, 1.165) is 22.9 Å². The summed E-state index contributed by atoms with van der Waals surface area (Å²) in [7, 11) is 0. The minimum absolute atomic E-state index is 0.0699. The summed E-state index contributed by atoms with van der Waals surface area (Å²) in [4.78, 5) is 31.3. The van der Waals surface area contributed by atoms with Crippen LogP contribution < -0.4 is 20.1 Å². The number of carbonyl (C=O) groups excluding carboxylic acids is 1. The maximum atomic E-state index is 16.0. The molecule has 4 aliphatic rings. The molecular formula is C34H30F2N4O5. The lowest BCUT2D eigenvalue weighted by molar-refractivity contribution is -0.0198. The summed E-state index contributed by atoms with van der Waals surface area (Å²) < 4.78 is 50.5. The third-order valence-corrected chi connectivity index (χ3v) is 9.11. The van der Waals surface area contributed by atoms with Crippen LogP contribution in [0.15, 0.2) is 83.8 Å². The third-order valence-electron chi connectivity index (χ3n) is 9.11. The number of amides is 1. The van der Waals surface area contributed by atoms with Crippen LogP contribution in [-0.4, -0.2) is 61.2 Å². The van der Waals surface area contributed by atoms with Gasteiger partial charge in [-0.15, -0.1) is 0 Å². The Morgan fingerprint density at radius 1 is 0.822 bits per heavy atom. The first-order valence-electron chi connectivity index (χ1n) is 15.0. The van der Waals surface area contributed by atoms with Gasteiger partial charge in [-0.05, 0) is 23.3 Å². The van der Waals surface area contributed by atoms with Crippen molar-refractivity contribution in [1.29, 1.82) is 0 Å². The molecule has 45 heavy (non-hydrogen) atoms. The minimum Gasteiger partial charge on any atom is -0.482 e. The number of hydrogen-bond donors (Lipinski definition) is 0. The number of morpholine rings is 2. The van der Waals surface area contributed by atoms with Crippen LogP contribution in [0, 0.1) is 11.6 Å². The molecule has 0 aliphatic carbocycles. The van der Waals surface area contributed by atoms with E-state index in [1.54, 1.807) is 21.8 Å². The number of carbonyl (C=O) groups is 1. The number of pyridine rings is 1. The molecule has 9 nitrogen and oxygen atoms in total. The number of halogens is 2. The molecule has 0 radical (unpaired) electrons. The number of aromatic nitrogens is 1. The van der Waals surface area contributed by atoms with Crippen LogP contribution in [0.3, 0.4) is 0 Å². The molecule has 0 spiro atoms. The molecule has 1 amide bonds. The van der Waals surface area contributed by atoms with Crippen molar-refractivity contribution in [2.75, 3.05) is 49.4 Å². The van der Waals surface area contributed by atoms with Gasteiger partial charge in [0.2, 0.25) is 5.43 Å². The van der Waals surface area contributed by atoms with Crippen molar-refractivity contribution < 1.29 is 27.8 Å². The van der Waals surface area contributed by atoms with Crippen molar-refractivity contribution >= 4 is 11.6 Å². The molecule has 4 aromatic rings. The molecule has 230 valence electrons. The molecule has 1 aromatic heterocycles. The van der Waals surface area contributed by atoms with E-state index in [1.807, 2.05) is 59.6 Å². The fraction of sp³-hybridized carbons (Fsp3) is 0.294. The number of nitrogens with zero attached hydrogens (tertiary/aromatic N) is 4. The number of benzene rings is 3. The third kappa shape index (κ3) is 4.40. The molecule has 8 rings (SSSR count). The Balaban J connectivity index is 1.37. The summed E-state index contributed by atoms with van der Waals surface area (Å²) in [5, 5.41) is 1.94. The maximum absolute atomic E-state index is 16.0. The Labute approximate surface area is 257 Å². The van der Waals surface area contributed by atoms with Gasteiger partial charge in [0.15, 0.2) is 23.1 Å². The van der Waals surface area contributed by atoms with Gasteiger partial charge in [-0.3, -0.25) is 19.3 Å². The Morgan fingerprint density at radius 2 is 1.58 bits per heavy atom. The molecule has 11 heteroatoms. The maximum Gasteiger partial charge on any atom is 0.278 e. The lowest BCUT2D eigenvalue weighted by Crippen LogP contribution is -2.66. The van der Waals surface area contributed by atoms with E-state index < -0.39 is 35.3 Å². The van der Waals surface area contributed by atoms with Gasteiger partial charge in [0, 0.05) is 42.2 Å². The summed E-state index contributed by atoms with van der Waals surface area (Å²) in [6, 6.07) is 20.0. The molecule has 0 bridgehead atoms. The first kappa shape index (κ1) is 27.8. The van der Waals surface area contributed by atoms with E-state index in [4.69, 9.17) is 14.2 Å². The van der Waals surface area contributed by atoms with Gasteiger partial charge in [-0.2, -0.15) is 0 Å². The molecule has 0 N–H and O–H groups in total. The van der Waals surface area contributed by atoms with Gasteiger partial charge in [0.1, 0.15) is 18.8 Å². The van der Waals surface area contributed by atoms with Crippen LogP contribution in [-0.2, 0) is 16.1 Å². The molecule has 2 fully saturated rings. The monoisotopic (exact) mass is 612 g/mol. The smallest absolute Gasteiger partial charge is 0.278 e. The summed E-state index contributed by atoms with van der Waals surface area (Å²) in [5.41, 5.74) is 2.92. The van der Waals surface area contributed by atoms with E-state index in [0.29, 0.717) is 25.3 Å². The number of ether oxygens (including phenoxy) is 3. The Bertz CT molecular complexity index is 1850.